The van der Waals surface area contributed by atoms with E-state index in [1.54, 1.807) is 0 Å². The van der Waals surface area contributed by atoms with Gasteiger partial charge in [-0.05, 0) is 49.7 Å². The van der Waals surface area contributed by atoms with Gasteiger partial charge in [0.05, 0.1) is 13.2 Å². The summed E-state index contributed by atoms with van der Waals surface area (Å²) >= 11 is 0. The normalized spacial score (nSPS) is 10.8. The van der Waals surface area contributed by atoms with Crippen LogP contribution in [0.25, 0.3) is 10.9 Å². The van der Waals surface area contributed by atoms with Gasteiger partial charge >= 0.3 is 0 Å². The summed E-state index contributed by atoms with van der Waals surface area (Å²) in [5.41, 5.74) is 2.85. The largest absolute Gasteiger partial charge is 0.494 e. The summed E-state index contributed by atoms with van der Waals surface area (Å²) in [6.07, 6.45) is 2.75. The van der Waals surface area contributed by atoms with Crippen molar-refractivity contribution >= 4 is 17.2 Å². The third-order valence-electron chi connectivity index (χ3n) is 3.91. The second-order valence-electron chi connectivity index (χ2n) is 5.67. The number of hydrogen-bond donors (Lipinski definition) is 0. The second kappa shape index (κ2) is 7.21. The van der Waals surface area contributed by atoms with Crippen molar-refractivity contribution in [2.45, 2.75) is 20.4 Å². The van der Waals surface area contributed by atoms with E-state index in [0.717, 1.165) is 28.7 Å². The summed E-state index contributed by atoms with van der Waals surface area (Å²) < 4.78 is 13.4. The highest BCUT2D eigenvalue weighted by Gasteiger charge is 2.09. The molecule has 0 amide bonds. The van der Waals surface area contributed by atoms with Gasteiger partial charge in [-0.25, -0.2) is 0 Å². The van der Waals surface area contributed by atoms with Crippen LogP contribution in [0.4, 0.5) is 0 Å². The molecular weight excluding hydrogens is 302 g/mol. The number of carbonyl (C=O) groups is 1. The molecule has 124 valence electrons. The molecule has 0 unspecified atom stereocenters. The molecule has 0 saturated carbocycles. The molecule has 0 aliphatic rings. The molecule has 24 heavy (non-hydrogen) atoms. The Morgan fingerprint density at radius 2 is 1.92 bits per heavy atom. The van der Waals surface area contributed by atoms with Gasteiger partial charge in [-0.1, -0.05) is 12.1 Å². The summed E-state index contributed by atoms with van der Waals surface area (Å²) in [4.78, 5) is 11.4. The van der Waals surface area contributed by atoms with Crippen molar-refractivity contribution in [3.05, 3.63) is 59.8 Å². The Morgan fingerprint density at radius 1 is 1.08 bits per heavy atom. The van der Waals surface area contributed by atoms with Crippen molar-refractivity contribution in [2.75, 3.05) is 13.2 Å². The first-order valence-electron chi connectivity index (χ1n) is 8.11. The fourth-order valence-electron chi connectivity index (χ4n) is 2.81. The molecule has 0 atom stereocenters. The highest BCUT2D eigenvalue weighted by molar-refractivity contribution is 5.98. The Bertz CT molecular complexity index is 851. The molecule has 1 aromatic heterocycles. The van der Waals surface area contributed by atoms with Crippen molar-refractivity contribution in [1.29, 1.82) is 0 Å². The van der Waals surface area contributed by atoms with Gasteiger partial charge in [0.25, 0.3) is 0 Å². The van der Waals surface area contributed by atoms with Crippen LogP contribution in [0.2, 0.25) is 0 Å². The van der Waals surface area contributed by atoms with E-state index in [1.807, 2.05) is 67.1 Å². The second-order valence-corrected chi connectivity index (χ2v) is 5.67. The SMILES string of the molecule is CCOc1ccc2c(c1)c(C=O)cn2CCOc1cccc(C)c1. The van der Waals surface area contributed by atoms with Gasteiger partial charge in [0, 0.05) is 22.7 Å². The van der Waals surface area contributed by atoms with E-state index in [9.17, 15) is 4.79 Å². The van der Waals surface area contributed by atoms with Crippen molar-refractivity contribution in [3.8, 4) is 11.5 Å². The number of carbonyl (C=O) groups excluding carboxylic acids is 1. The number of ether oxygens (including phenoxy) is 2. The fourth-order valence-corrected chi connectivity index (χ4v) is 2.81. The summed E-state index contributed by atoms with van der Waals surface area (Å²) in [7, 11) is 0. The van der Waals surface area contributed by atoms with Gasteiger partial charge in [0.2, 0.25) is 0 Å². The van der Waals surface area contributed by atoms with Crippen LogP contribution in [0.5, 0.6) is 11.5 Å². The van der Waals surface area contributed by atoms with Gasteiger partial charge < -0.3 is 14.0 Å². The van der Waals surface area contributed by atoms with E-state index in [-0.39, 0.29) is 0 Å². The van der Waals surface area contributed by atoms with Crippen molar-refractivity contribution in [1.82, 2.24) is 4.57 Å². The zero-order valence-electron chi connectivity index (χ0n) is 14.0. The molecule has 0 spiro atoms. The van der Waals surface area contributed by atoms with Crippen LogP contribution in [-0.2, 0) is 6.54 Å². The Labute approximate surface area is 141 Å². The van der Waals surface area contributed by atoms with E-state index in [0.29, 0.717) is 25.3 Å². The third-order valence-corrected chi connectivity index (χ3v) is 3.91. The Balaban J connectivity index is 1.78. The van der Waals surface area contributed by atoms with Gasteiger partial charge in [-0.15, -0.1) is 0 Å². The number of aryl methyl sites for hydroxylation is 1. The Kier molecular flexibility index (Phi) is 4.85. The number of benzene rings is 2. The number of aldehydes is 1. The maximum absolute atomic E-state index is 11.4. The standard InChI is InChI=1S/C20H21NO3/c1-3-23-18-7-8-20-19(12-18)16(14-22)13-21(20)9-10-24-17-6-4-5-15(2)11-17/h4-8,11-14H,3,9-10H2,1-2H3. The highest BCUT2D eigenvalue weighted by Crippen LogP contribution is 2.25. The summed E-state index contributed by atoms with van der Waals surface area (Å²) in [5.74, 6) is 1.64. The molecule has 0 saturated heterocycles. The maximum Gasteiger partial charge on any atom is 0.152 e. The first kappa shape index (κ1) is 16.1. The molecule has 3 rings (SSSR count). The minimum absolute atomic E-state index is 0.540. The first-order valence-corrected chi connectivity index (χ1v) is 8.11. The number of hydrogen-bond acceptors (Lipinski definition) is 3. The molecule has 0 fully saturated rings. The minimum Gasteiger partial charge on any atom is -0.494 e. The van der Waals surface area contributed by atoms with Crippen molar-refractivity contribution in [2.24, 2.45) is 0 Å². The average Bonchev–Trinajstić information content (AvgIpc) is 2.93. The predicted molar refractivity (Wildman–Crippen MR) is 95.2 cm³/mol. The molecular formula is C20H21NO3. The van der Waals surface area contributed by atoms with Crippen molar-refractivity contribution in [3.63, 3.8) is 0 Å². The van der Waals surface area contributed by atoms with Gasteiger partial charge in [-0.2, -0.15) is 0 Å². The lowest BCUT2D eigenvalue weighted by Crippen LogP contribution is -2.07. The zero-order valence-corrected chi connectivity index (χ0v) is 14.0. The molecule has 1 heterocycles. The number of aromatic nitrogens is 1. The van der Waals surface area contributed by atoms with Gasteiger partial charge in [0.1, 0.15) is 18.1 Å². The van der Waals surface area contributed by atoms with Crippen LogP contribution in [0, 0.1) is 6.92 Å². The van der Waals surface area contributed by atoms with Crippen LogP contribution >= 0.6 is 0 Å². The number of nitrogens with zero attached hydrogens (tertiary/aromatic N) is 1. The molecule has 0 bridgehead atoms. The van der Waals surface area contributed by atoms with Gasteiger partial charge in [0.15, 0.2) is 6.29 Å². The first-order chi connectivity index (χ1) is 11.7. The number of fused-ring (bicyclic) bond motifs is 1. The van der Waals surface area contributed by atoms with Crippen LogP contribution < -0.4 is 9.47 Å². The van der Waals surface area contributed by atoms with Crippen LogP contribution in [-0.4, -0.2) is 24.1 Å². The lowest BCUT2D eigenvalue weighted by Gasteiger charge is -2.09. The van der Waals surface area contributed by atoms with E-state index in [1.165, 1.54) is 5.56 Å². The Morgan fingerprint density at radius 3 is 2.67 bits per heavy atom. The summed E-state index contributed by atoms with van der Waals surface area (Å²) in [6.45, 7) is 5.80. The lowest BCUT2D eigenvalue weighted by atomic mass is 10.2. The van der Waals surface area contributed by atoms with E-state index in [4.69, 9.17) is 9.47 Å². The Hall–Kier alpha value is -2.75. The zero-order chi connectivity index (χ0) is 16.9. The van der Waals surface area contributed by atoms with E-state index >= 15 is 0 Å². The van der Waals surface area contributed by atoms with Crippen LogP contribution in [0.15, 0.2) is 48.7 Å². The summed E-state index contributed by atoms with van der Waals surface area (Å²) in [5, 5.41) is 0.909. The monoisotopic (exact) mass is 323 g/mol. The lowest BCUT2D eigenvalue weighted by molar-refractivity contribution is 0.112. The molecule has 0 aliphatic carbocycles. The summed E-state index contributed by atoms with van der Waals surface area (Å²) in [6, 6.07) is 13.8. The highest BCUT2D eigenvalue weighted by atomic mass is 16.5. The molecule has 3 aromatic rings. The van der Waals surface area contributed by atoms with E-state index < -0.39 is 0 Å². The molecule has 0 aliphatic heterocycles. The topological polar surface area (TPSA) is 40.5 Å². The maximum atomic E-state index is 11.4. The quantitative estimate of drug-likeness (QED) is 0.611. The van der Waals surface area contributed by atoms with E-state index in [2.05, 4.69) is 0 Å². The average molecular weight is 323 g/mol. The molecule has 4 nitrogen and oxygen atoms in total. The molecule has 4 heteroatoms. The number of rotatable bonds is 7. The van der Waals surface area contributed by atoms with Crippen LogP contribution in [0.3, 0.4) is 0 Å². The predicted octanol–water partition coefficient (Wildman–Crippen LogP) is 4.24. The third kappa shape index (κ3) is 3.43. The fraction of sp³-hybridized carbons (Fsp3) is 0.250. The minimum atomic E-state index is 0.540. The molecule has 0 radical (unpaired) electrons. The van der Waals surface area contributed by atoms with Crippen LogP contribution in [0.1, 0.15) is 22.8 Å². The molecule has 2 aromatic carbocycles. The smallest absolute Gasteiger partial charge is 0.152 e. The van der Waals surface area contributed by atoms with Crippen molar-refractivity contribution < 1.29 is 14.3 Å². The van der Waals surface area contributed by atoms with Gasteiger partial charge in [-0.3, -0.25) is 4.79 Å². The molecule has 0 N–H and O–H groups in total.